The topological polar surface area (TPSA) is 27.7 Å². The number of rotatable bonds is 8. The Hall–Kier alpha value is -1.98. The fourth-order valence-electron chi connectivity index (χ4n) is 2.94. The number of allylic oxidation sites excluding steroid dienone is 3. The summed E-state index contributed by atoms with van der Waals surface area (Å²) in [4.78, 5) is 0. The molecule has 148 valence electrons. The molecule has 0 radical (unpaired) electrons. The third-order valence-corrected chi connectivity index (χ3v) is 4.87. The van der Waals surface area contributed by atoms with Crippen LogP contribution >= 0.6 is 0 Å². The molecule has 2 atom stereocenters. The molecule has 3 nitrogen and oxygen atoms in total. The van der Waals surface area contributed by atoms with Crippen LogP contribution in [0.25, 0.3) is 6.08 Å². The minimum Gasteiger partial charge on any atom is -0.498 e. The van der Waals surface area contributed by atoms with Gasteiger partial charge in [-0.1, -0.05) is 43.8 Å². The van der Waals surface area contributed by atoms with E-state index in [1.54, 1.807) is 6.92 Å². The van der Waals surface area contributed by atoms with Gasteiger partial charge in [0.2, 0.25) is 0 Å². The van der Waals surface area contributed by atoms with Crippen LogP contribution in [0.3, 0.4) is 0 Å². The molecular weight excluding hydrogens is 350 g/mol. The number of methoxy groups -OCH3 is 1. The Morgan fingerprint density at radius 3 is 2.44 bits per heavy atom. The van der Waals surface area contributed by atoms with Crippen molar-refractivity contribution in [1.29, 1.82) is 0 Å². The van der Waals surface area contributed by atoms with Crippen molar-refractivity contribution in [3.8, 4) is 0 Å². The maximum absolute atomic E-state index is 14.2. The van der Waals surface area contributed by atoms with Gasteiger partial charge in [0.25, 0.3) is 0 Å². The zero-order valence-corrected chi connectivity index (χ0v) is 16.3. The molecule has 1 aliphatic heterocycles. The van der Waals surface area contributed by atoms with Gasteiger partial charge in [0.15, 0.2) is 17.9 Å². The van der Waals surface area contributed by atoms with Crippen molar-refractivity contribution in [3.63, 3.8) is 0 Å². The highest BCUT2D eigenvalue weighted by molar-refractivity contribution is 5.47. The van der Waals surface area contributed by atoms with Gasteiger partial charge in [-0.3, -0.25) is 0 Å². The highest BCUT2D eigenvalue weighted by atomic mass is 19.2. The Morgan fingerprint density at radius 1 is 1.22 bits per heavy atom. The van der Waals surface area contributed by atoms with Crippen molar-refractivity contribution in [2.75, 3.05) is 20.3 Å². The van der Waals surface area contributed by atoms with Crippen molar-refractivity contribution in [2.45, 2.75) is 45.3 Å². The van der Waals surface area contributed by atoms with Gasteiger partial charge in [-0.25, -0.2) is 8.78 Å². The molecule has 0 amide bonds. The molecule has 1 saturated heterocycles. The van der Waals surface area contributed by atoms with Gasteiger partial charge < -0.3 is 14.2 Å². The fraction of sp³-hybridized carbons (Fsp3) is 0.455. The first-order chi connectivity index (χ1) is 13.0. The van der Waals surface area contributed by atoms with Crippen molar-refractivity contribution in [2.24, 2.45) is 0 Å². The van der Waals surface area contributed by atoms with Gasteiger partial charge in [-0.05, 0) is 42.9 Å². The number of benzene rings is 1. The lowest BCUT2D eigenvalue weighted by atomic mass is 9.92. The molecule has 0 aromatic heterocycles. The summed E-state index contributed by atoms with van der Waals surface area (Å²) in [5, 5.41) is 0. The van der Waals surface area contributed by atoms with Crippen molar-refractivity contribution < 1.29 is 23.0 Å². The maximum Gasteiger partial charge on any atom is 0.196 e. The summed E-state index contributed by atoms with van der Waals surface area (Å²) in [7, 11) is 1.31. The number of hydrogen-bond acceptors (Lipinski definition) is 3. The van der Waals surface area contributed by atoms with E-state index in [0.29, 0.717) is 25.4 Å². The molecule has 1 fully saturated rings. The van der Waals surface area contributed by atoms with E-state index in [-0.39, 0.29) is 17.9 Å². The molecule has 0 aliphatic carbocycles. The van der Waals surface area contributed by atoms with Crippen molar-refractivity contribution in [1.82, 2.24) is 0 Å². The van der Waals surface area contributed by atoms with Gasteiger partial charge in [0.05, 0.1) is 20.3 Å². The third-order valence-electron chi connectivity index (χ3n) is 4.87. The number of halogens is 2. The highest BCUT2D eigenvalue weighted by Crippen LogP contribution is 2.30. The third kappa shape index (κ3) is 5.75. The van der Waals surface area contributed by atoms with Gasteiger partial charge in [-0.2, -0.15) is 0 Å². The largest absolute Gasteiger partial charge is 0.498 e. The van der Waals surface area contributed by atoms with E-state index >= 15 is 0 Å². The minimum atomic E-state index is -0.981. The molecule has 5 heteroatoms. The van der Waals surface area contributed by atoms with Crippen LogP contribution in [0.1, 0.15) is 50.2 Å². The van der Waals surface area contributed by atoms with Crippen LogP contribution in [0.5, 0.6) is 0 Å². The van der Waals surface area contributed by atoms with Gasteiger partial charge in [0, 0.05) is 5.92 Å². The SMILES string of the molecule is C=Cc1ccc(C2CCC(OC/C(CC)=C(F)/C(F)=C(\C)OC)OC2)cc1. The van der Waals surface area contributed by atoms with Crippen LogP contribution in [0.15, 0.2) is 53.8 Å². The molecule has 2 unspecified atom stereocenters. The van der Waals surface area contributed by atoms with Crippen LogP contribution in [0.2, 0.25) is 0 Å². The fourth-order valence-corrected chi connectivity index (χ4v) is 2.94. The smallest absolute Gasteiger partial charge is 0.196 e. The second kappa shape index (κ2) is 10.4. The normalized spacial score (nSPS) is 22.0. The molecule has 1 aromatic carbocycles. The Kier molecular flexibility index (Phi) is 8.20. The summed E-state index contributed by atoms with van der Waals surface area (Å²) >= 11 is 0. The monoisotopic (exact) mass is 378 g/mol. The molecular formula is C22H28F2O3. The first-order valence-electron chi connectivity index (χ1n) is 9.24. The number of ether oxygens (including phenoxy) is 3. The summed E-state index contributed by atoms with van der Waals surface area (Å²) in [6.45, 7) is 7.44. The van der Waals surface area contributed by atoms with Gasteiger partial charge >= 0.3 is 0 Å². The quantitative estimate of drug-likeness (QED) is 0.407. The molecule has 1 aliphatic rings. The van der Waals surface area contributed by atoms with E-state index < -0.39 is 17.9 Å². The van der Waals surface area contributed by atoms with Crippen molar-refractivity contribution in [3.05, 3.63) is 65.0 Å². The van der Waals surface area contributed by atoms with E-state index in [1.807, 2.05) is 18.2 Å². The lowest BCUT2D eigenvalue weighted by molar-refractivity contribution is -0.162. The molecule has 0 spiro atoms. The minimum absolute atomic E-state index is 0.00386. The Bertz CT molecular complexity index is 684. The second-order valence-electron chi connectivity index (χ2n) is 6.56. The zero-order valence-electron chi connectivity index (χ0n) is 16.3. The van der Waals surface area contributed by atoms with E-state index in [1.165, 1.54) is 19.6 Å². The van der Waals surface area contributed by atoms with Crippen LogP contribution in [0, 0.1) is 0 Å². The van der Waals surface area contributed by atoms with Crippen LogP contribution in [-0.4, -0.2) is 26.6 Å². The van der Waals surface area contributed by atoms with Gasteiger partial charge in [-0.15, -0.1) is 0 Å². The lowest BCUT2D eigenvalue weighted by Crippen LogP contribution is -2.27. The average Bonchev–Trinajstić information content (AvgIpc) is 2.73. The Morgan fingerprint density at radius 2 is 1.93 bits per heavy atom. The molecule has 0 bridgehead atoms. The zero-order chi connectivity index (χ0) is 19.8. The molecule has 2 rings (SSSR count). The highest BCUT2D eigenvalue weighted by Gasteiger charge is 2.24. The Balaban J connectivity index is 1.90. The first kappa shape index (κ1) is 21.3. The Labute approximate surface area is 160 Å². The summed E-state index contributed by atoms with van der Waals surface area (Å²) < 4.78 is 44.4. The van der Waals surface area contributed by atoms with Crippen LogP contribution in [-0.2, 0) is 14.2 Å². The van der Waals surface area contributed by atoms with E-state index in [0.717, 1.165) is 12.0 Å². The van der Waals surface area contributed by atoms with E-state index in [2.05, 4.69) is 18.7 Å². The average molecular weight is 378 g/mol. The summed E-state index contributed by atoms with van der Waals surface area (Å²) in [5.74, 6) is -1.66. The van der Waals surface area contributed by atoms with Gasteiger partial charge in [0.1, 0.15) is 5.76 Å². The predicted octanol–water partition coefficient (Wildman–Crippen LogP) is 6.05. The first-order valence-corrected chi connectivity index (χ1v) is 9.24. The molecule has 1 heterocycles. The molecule has 0 saturated carbocycles. The maximum atomic E-state index is 14.2. The summed E-state index contributed by atoms with van der Waals surface area (Å²) in [6, 6.07) is 8.26. The molecule has 27 heavy (non-hydrogen) atoms. The standard InChI is InChI=1S/C22H28F2O3/c1-5-16-7-9-18(10-8-16)19-11-12-20(27-14-19)26-13-17(6-2)22(24)21(23)15(3)25-4/h5,7-10,19-20H,1,6,11-14H2,2-4H3/b21-15-,22-17-. The van der Waals surface area contributed by atoms with Crippen LogP contribution in [0.4, 0.5) is 8.78 Å². The lowest BCUT2D eigenvalue weighted by Gasteiger charge is -2.29. The summed E-state index contributed by atoms with van der Waals surface area (Å²) in [5.41, 5.74) is 2.57. The van der Waals surface area contributed by atoms with E-state index in [9.17, 15) is 8.78 Å². The van der Waals surface area contributed by atoms with Crippen molar-refractivity contribution >= 4 is 6.08 Å². The number of hydrogen-bond donors (Lipinski definition) is 0. The van der Waals surface area contributed by atoms with E-state index in [4.69, 9.17) is 14.2 Å². The predicted molar refractivity (Wildman–Crippen MR) is 103 cm³/mol. The summed E-state index contributed by atoms with van der Waals surface area (Å²) in [6.07, 6.45) is 3.39. The molecule has 0 N–H and O–H groups in total. The van der Waals surface area contributed by atoms with Crippen LogP contribution < -0.4 is 0 Å². The second-order valence-corrected chi connectivity index (χ2v) is 6.56. The molecule has 1 aromatic rings.